The molecule has 0 bridgehead atoms. The Kier molecular flexibility index (Phi) is 3.57. The van der Waals surface area contributed by atoms with E-state index >= 15 is 0 Å². The van der Waals surface area contributed by atoms with Crippen LogP contribution in [0.1, 0.15) is 23.7 Å². The lowest BCUT2D eigenvalue weighted by molar-refractivity contribution is 0.0631. The van der Waals surface area contributed by atoms with E-state index in [0.29, 0.717) is 6.04 Å². The Morgan fingerprint density at radius 3 is 2.88 bits per heavy atom. The summed E-state index contributed by atoms with van der Waals surface area (Å²) >= 11 is 0. The summed E-state index contributed by atoms with van der Waals surface area (Å²) in [6.07, 6.45) is 1.01. The molecule has 0 aliphatic carbocycles. The molecule has 0 saturated carbocycles. The predicted molar refractivity (Wildman–Crippen MR) is 64.4 cm³/mol. The standard InChI is InChI=1S/C13H18N2O/c1-2-12-10-14-8-9-15(12)13(16)11-6-4-3-5-7-11/h3-7,12,14H,2,8-10H2,1H3. The van der Waals surface area contributed by atoms with Crippen molar-refractivity contribution < 1.29 is 4.79 Å². The van der Waals surface area contributed by atoms with Gasteiger partial charge in [-0.1, -0.05) is 25.1 Å². The summed E-state index contributed by atoms with van der Waals surface area (Å²) in [7, 11) is 0. The van der Waals surface area contributed by atoms with Crippen LogP contribution in [-0.2, 0) is 0 Å². The number of benzene rings is 1. The van der Waals surface area contributed by atoms with Crippen molar-refractivity contribution in [3.8, 4) is 0 Å². The van der Waals surface area contributed by atoms with E-state index in [9.17, 15) is 4.79 Å². The normalized spacial score (nSPS) is 20.8. The molecular formula is C13H18N2O. The second kappa shape index (κ2) is 5.12. The van der Waals surface area contributed by atoms with Crippen molar-refractivity contribution in [2.24, 2.45) is 0 Å². The number of amides is 1. The fourth-order valence-corrected chi connectivity index (χ4v) is 2.14. The monoisotopic (exact) mass is 218 g/mol. The molecule has 0 radical (unpaired) electrons. The van der Waals surface area contributed by atoms with Crippen LogP contribution in [0.15, 0.2) is 30.3 Å². The van der Waals surface area contributed by atoms with Crippen LogP contribution >= 0.6 is 0 Å². The summed E-state index contributed by atoms with van der Waals surface area (Å²) in [6, 6.07) is 9.87. The average Bonchev–Trinajstić information content (AvgIpc) is 2.39. The van der Waals surface area contributed by atoms with Crippen molar-refractivity contribution in [2.75, 3.05) is 19.6 Å². The molecule has 1 unspecified atom stereocenters. The summed E-state index contributed by atoms with van der Waals surface area (Å²) in [5, 5.41) is 3.33. The number of nitrogens with one attached hydrogen (secondary N) is 1. The largest absolute Gasteiger partial charge is 0.333 e. The van der Waals surface area contributed by atoms with Crippen LogP contribution in [0.2, 0.25) is 0 Å². The minimum atomic E-state index is 0.161. The maximum absolute atomic E-state index is 12.3. The van der Waals surface area contributed by atoms with E-state index in [0.717, 1.165) is 31.6 Å². The lowest BCUT2D eigenvalue weighted by Gasteiger charge is -2.35. The first kappa shape index (κ1) is 11.1. The van der Waals surface area contributed by atoms with Gasteiger partial charge in [-0.15, -0.1) is 0 Å². The van der Waals surface area contributed by atoms with Gasteiger partial charge in [0, 0.05) is 31.2 Å². The molecule has 0 spiro atoms. The molecule has 3 heteroatoms. The molecule has 0 aromatic heterocycles. The smallest absolute Gasteiger partial charge is 0.254 e. The number of hydrogen-bond donors (Lipinski definition) is 1. The Morgan fingerprint density at radius 2 is 2.19 bits per heavy atom. The Morgan fingerprint density at radius 1 is 1.44 bits per heavy atom. The van der Waals surface area contributed by atoms with Crippen molar-refractivity contribution in [1.29, 1.82) is 0 Å². The van der Waals surface area contributed by atoms with E-state index in [-0.39, 0.29) is 5.91 Å². The van der Waals surface area contributed by atoms with E-state index in [4.69, 9.17) is 0 Å². The summed E-state index contributed by atoms with van der Waals surface area (Å²) in [5.41, 5.74) is 0.794. The number of carbonyl (C=O) groups is 1. The number of rotatable bonds is 2. The first-order chi connectivity index (χ1) is 7.83. The molecule has 16 heavy (non-hydrogen) atoms. The lowest BCUT2D eigenvalue weighted by Crippen LogP contribution is -2.53. The quantitative estimate of drug-likeness (QED) is 0.816. The molecule has 1 heterocycles. The van der Waals surface area contributed by atoms with Crippen LogP contribution in [0, 0.1) is 0 Å². The second-order valence-corrected chi connectivity index (χ2v) is 4.13. The van der Waals surface area contributed by atoms with Crippen molar-refractivity contribution in [1.82, 2.24) is 10.2 Å². The van der Waals surface area contributed by atoms with Gasteiger partial charge in [0.05, 0.1) is 0 Å². The van der Waals surface area contributed by atoms with Gasteiger partial charge in [0.25, 0.3) is 5.91 Å². The number of carbonyl (C=O) groups excluding carboxylic acids is 1. The van der Waals surface area contributed by atoms with Gasteiger partial charge in [-0.05, 0) is 18.6 Å². The molecule has 1 amide bonds. The molecule has 1 aromatic rings. The molecule has 1 aromatic carbocycles. The third kappa shape index (κ3) is 2.25. The van der Waals surface area contributed by atoms with E-state index in [1.165, 1.54) is 0 Å². The first-order valence-electron chi connectivity index (χ1n) is 5.89. The zero-order valence-corrected chi connectivity index (χ0v) is 9.65. The van der Waals surface area contributed by atoms with Gasteiger partial charge in [0.15, 0.2) is 0 Å². The maximum atomic E-state index is 12.3. The zero-order chi connectivity index (χ0) is 11.4. The maximum Gasteiger partial charge on any atom is 0.254 e. The first-order valence-corrected chi connectivity index (χ1v) is 5.89. The fourth-order valence-electron chi connectivity index (χ4n) is 2.14. The van der Waals surface area contributed by atoms with Crippen molar-refractivity contribution in [2.45, 2.75) is 19.4 Å². The molecule has 1 N–H and O–H groups in total. The van der Waals surface area contributed by atoms with E-state index in [1.54, 1.807) is 0 Å². The van der Waals surface area contributed by atoms with Crippen LogP contribution in [0.25, 0.3) is 0 Å². The van der Waals surface area contributed by atoms with Crippen molar-refractivity contribution in [3.05, 3.63) is 35.9 Å². The van der Waals surface area contributed by atoms with Gasteiger partial charge in [0.2, 0.25) is 0 Å². The van der Waals surface area contributed by atoms with Crippen LogP contribution in [0.3, 0.4) is 0 Å². The fraction of sp³-hybridized carbons (Fsp3) is 0.462. The second-order valence-electron chi connectivity index (χ2n) is 4.13. The Balaban J connectivity index is 2.14. The molecular weight excluding hydrogens is 200 g/mol. The molecule has 86 valence electrons. The van der Waals surface area contributed by atoms with Crippen LogP contribution in [0.4, 0.5) is 0 Å². The minimum Gasteiger partial charge on any atom is -0.333 e. The molecule has 1 fully saturated rings. The summed E-state index contributed by atoms with van der Waals surface area (Å²) < 4.78 is 0. The molecule has 2 rings (SSSR count). The van der Waals surface area contributed by atoms with Gasteiger partial charge in [0.1, 0.15) is 0 Å². The highest BCUT2D eigenvalue weighted by atomic mass is 16.2. The molecule has 1 aliphatic rings. The predicted octanol–water partition coefficient (Wildman–Crippen LogP) is 1.51. The average molecular weight is 218 g/mol. The lowest BCUT2D eigenvalue weighted by atomic mass is 10.1. The van der Waals surface area contributed by atoms with Crippen molar-refractivity contribution >= 4 is 5.91 Å². The van der Waals surface area contributed by atoms with Gasteiger partial charge in [-0.2, -0.15) is 0 Å². The summed E-state index contributed by atoms with van der Waals surface area (Å²) in [6.45, 7) is 4.75. The summed E-state index contributed by atoms with van der Waals surface area (Å²) in [5.74, 6) is 0.161. The number of piperazine rings is 1. The van der Waals surface area contributed by atoms with E-state index < -0.39 is 0 Å². The van der Waals surface area contributed by atoms with E-state index in [1.807, 2.05) is 35.2 Å². The van der Waals surface area contributed by atoms with Crippen LogP contribution < -0.4 is 5.32 Å². The highest BCUT2D eigenvalue weighted by Gasteiger charge is 2.25. The summed E-state index contributed by atoms with van der Waals surface area (Å²) in [4.78, 5) is 14.3. The van der Waals surface area contributed by atoms with Gasteiger partial charge < -0.3 is 10.2 Å². The highest BCUT2D eigenvalue weighted by Crippen LogP contribution is 2.12. The Labute approximate surface area is 96.5 Å². The van der Waals surface area contributed by atoms with Gasteiger partial charge in [-0.3, -0.25) is 4.79 Å². The van der Waals surface area contributed by atoms with Crippen LogP contribution in [0.5, 0.6) is 0 Å². The zero-order valence-electron chi connectivity index (χ0n) is 9.65. The molecule has 1 atom stereocenters. The van der Waals surface area contributed by atoms with Gasteiger partial charge >= 0.3 is 0 Å². The minimum absolute atomic E-state index is 0.161. The third-order valence-electron chi connectivity index (χ3n) is 3.10. The van der Waals surface area contributed by atoms with Crippen molar-refractivity contribution in [3.63, 3.8) is 0 Å². The topological polar surface area (TPSA) is 32.3 Å². The van der Waals surface area contributed by atoms with E-state index in [2.05, 4.69) is 12.2 Å². The Hall–Kier alpha value is -1.35. The highest BCUT2D eigenvalue weighted by molar-refractivity contribution is 5.94. The Bertz CT molecular complexity index is 350. The SMILES string of the molecule is CCC1CNCCN1C(=O)c1ccccc1. The van der Waals surface area contributed by atoms with Gasteiger partial charge in [-0.25, -0.2) is 0 Å². The number of hydrogen-bond acceptors (Lipinski definition) is 2. The number of nitrogens with zero attached hydrogens (tertiary/aromatic N) is 1. The molecule has 3 nitrogen and oxygen atoms in total. The third-order valence-corrected chi connectivity index (χ3v) is 3.10. The van der Waals surface area contributed by atoms with Crippen LogP contribution in [-0.4, -0.2) is 36.5 Å². The molecule has 1 saturated heterocycles. The molecule has 1 aliphatic heterocycles.